The Labute approximate surface area is 94.7 Å². The van der Waals surface area contributed by atoms with Gasteiger partial charge in [0.2, 0.25) is 0 Å². The van der Waals surface area contributed by atoms with Crippen molar-refractivity contribution >= 4 is 5.97 Å². The van der Waals surface area contributed by atoms with Crippen LogP contribution in [0.15, 0.2) is 18.6 Å². The minimum Gasteiger partial charge on any atom is -0.480 e. The number of aromatic nitrogens is 2. The molecule has 1 aromatic heterocycles. The summed E-state index contributed by atoms with van der Waals surface area (Å²) in [5.41, 5.74) is -2.01. The summed E-state index contributed by atoms with van der Waals surface area (Å²) in [5, 5.41) is 10.9. The van der Waals surface area contributed by atoms with Gasteiger partial charge in [0.15, 0.2) is 5.54 Å². The maximum Gasteiger partial charge on any atom is 0.401 e. The van der Waals surface area contributed by atoms with E-state index in [4.69, 9.17) is 5.11 Å². The Hall–Kier alpha value is -1.70. The molecule has 94 valence electrons. The van der Waals surface area contributed by atoms with Crippen LogP contribution in [0.5, 0.6) is 0 Å². The number of hydrogen-bond acceptors (Lipinski definition) is 4. The van der Waals surface area contributed by atoms with Gasteiger partial charge in [-0.2, -0.15) is 13.2 Å². The quantitative estimate of drug-likeness (QED) is 0.830. The highest BCUT2D eigenvalue weighted by atomic mass is 19.4. The highest BCUT2D eigenvalue weighted by Crippen LogP contribution is 2.21. The summed E-state index contributed by atoms with van der Waals surface area (Å²) in [4.78, 5) is 18.4. The van der Waals surface area contributed by atoms with Crippen molar-refractivity contribution in [3.8, 4) is 0 Å². The number of carbonyl (C=O) groups is 1. The second-order valence-corrected chi connectivity index (χ2v) is 3.49. The molecule has 5 nitrogen and oxygen atoms in total. The first-order chi connectivity index (χ1) is 7.76. The maximum absolute atomic E-state index is 12.1. The molecule has 1 aromatic rings. The largest absolute Gasteiger partial charge is 0.480 e. The van der Waals surface area contributed by atoms with Crippen molar-refractivity contribution in [1.29, 1.82) is 0 Å². The first-order valence-corrected chi connectivity index (χ1v) is 4.57. The molecule has 0 aliphatic heterocycles. The predicted molar refractivity (Wildman–Crippen MR) is 51.1 cm³/mol. The van der Waals surface area contributed by atoms with Crippen molar-refractivity contribution < 1.29 is 23.1 Å². The molecule has 0 aromatic carbocycles. The number of nitrogens with one attached hydrogen (secondary N) is 1. The lowest BCUT2D eigenvalue weighted by Crippen LogP contribution is -2.50. The minimum absolute atomic E-state index is 0.0863. The van der Waals surface area contributed by atoms with E-state index in [1.807, 2.05) is 5.32 Å². The number of rotatable bonds is 4. The number of carboxylic acid groups (broad SMARTS) is 1. The molecule has 1 atom stereocenters. The summed E-state index contributed by atoms with van der Waals surface area (Å²) < 4.78 is 36.2. The van der Waals surface area contributed by atoms with E-state index in [2.05, 4.69) is 9.97 Å². The lowest BCUT2D eigenvalue weighted by Gasteiger charge is -2.25. The Bertz CT molecular complexity index is 396. The molecular weight excluding hydrogens is 239 g/mol. The summed E-state index contributed by atoms with van der Waals surface area (Å²) in [7, 11) is 0. The molecule has 0 bridgehead atoms. The van der Waals surface area contributed by atoms with Crippen LogP contribution in [0, 0.1) is 0 Å². The third-order valence-corrected chi connectivity index (χ3v) is 2.15. The van der Waals surface area contributed by atoms with Gasteiger partial charge >= 0.3 is 12.1 Å². The van der Waals surface area contributed by atoms with Crippen LogP contribution in [0.1, 0.15) is 12.6 Å². The second kappa shape index (κ2) is 4.66. The van der Waals surface area contributed by atoms with E-state index >= 15 is 0 Å². The van der Waals surface area contributed by atoms with Gasteiger partial charge in [-0.1, -0.05) is 0 Å². The van der Waals surface area contributed by atoms with Crippen molar-refractivity contribution in [2.75, 3.05) is 6.54 Å². The number of aliphatic carboxylic acids is 1. The van der Waals surface area contributed by atoms with Crippen LogP contribution in [-0.2, 0) is 10.3 Å². The van der Waals surface area contributed by atoms with Crippen LogP contribution in [0.25, 0.3) is 0 Å². The predicted octanol–water partition coefficient (Wildman–Crippen LogP) is 0.928. The maximum atomic E-state index is 12.1. The van der Waals surface area contributed by atoms with Crippen LogP contribution in [0.2, 0.25) is 0 Å². The molecule has 17 heavy (non-hydrogen) atoms. The van der Waals surface area contributed by atoms with E-state index in [1.165, 1.54) is 12.4 Å². The molecular formula is C9H10F3N3O2. The Morgan fingerprint density at radius 2 is 2.12 bits per heavy atom. The van der Waals surface area contributed by atoms with Crippen LogP contribution in [-0.4, -0.2) is 33.8 Å². The standard InChI is InChI=1S/C9H10F3N3O2/c1-8(7(16)17,15-5-9(10,11)12)6-4-13-2-3-14-6/h2-4,15H,5H2,1H3,(H,16,17). The van der Waals surface area contributed by atoms with Gasteiger partial charge in [0.1, 0.15) is 0 Å². The second-order valence-electron chi connectivity index (χ2n) is 3.49. The average Bonchev–Trinajstić information content (AvgIpc) is 2.26. The van der Waals surface area contributed by atoms with Crippen LogP contribution < -0.4 is 5.32 Å². The van der Waals surface area contributed by atoms with Gasteiger partial charge < -0.3 is 5.11 Å². The van der Waals surface area contributed by atoms with Crippen LogP contribution in [0.3, 0.4) is 0 Å². The molecule has 0 saturated heterocycles. The van der Waals surface area contributed by atoms with Gasteiger partial charge in [0.25, 0.3) is 0 Å². The lowest BCUT2D eigenvalue weighted by atomic mass is 9.98. The van der Waals surface area contributed by atoms with Crippen molar-refractivity contribution in [2.24, 2.45) is 0 Å². The Kier molecular flexibility index (Phi) is 3.66. The van der Waals surface area contributed by atoms with Gasteiger partial charge in [-0.25, -0.2) is 4.79 Å². The van der Waals surface area contributed by atoms with E-state index in [0.717, 1.165) is 13.1 Å². The number of alkyl halides is 3. The highest BCUT2D eigenvalue weighted by molar-refractivity contribution is 5.79. The van der Waals surface area contributed by atoms with Gasteiger partial charge in [0, 0.05) is 12.4 Å². The number of halogens is 3. The van der Waals surface area contributed by atoms with Crippen molar-refractivity contribution in [2.45, 2.75) is 18.6 Å². The van der Waals surface area contributed by atoms with Gasteiger partial charge in [-0.05, 0) is 6.92 Å². The molecule has 0 aliphatic carbocycles. The zero-order chi connectivity index (χ0) is 13.1. The summed E-state index contributed by atoms with van der Waals surface area (Å²) in [5.74, 6) is -1.46. The first-order valence-electron chi connectivity index (χ1n) is 4.57. The summed E-state index contributed by atoms with van der Waals surface area (Å²) in [6.45, 7) is -0.322. The van der Waals surface area contributed by atoms with E-state index in [9.17, 15) is 18.0 Å². The first kappa shape index (κ1) is 13.4. The molecule has 1 rings (SSSR count). The lowest BCUT2D eigenvalue weighted by molar-refractivity contribution is -0.150. The molecule has 0 saturated carbocycles. The summed E-state index contributed by atoms with van der Waals surface area (Å²) in [6, 6.07) is 0. The minimum atomic E-state index is -4.50. The fourth-order valence-corrected chi connectivity index (χ4v) is 1.11. The Morgan fingerprint density at radius 3 is 2.53 bits per heavy atom. The number of nitrogens with zero attached hydrogens (tertiary/aromatic N) is 2. The third-order valence-electron chi connectivity index (χ3n) is 2.15. The van der Waals surface area contributed by atoms with E-state index in [-0.39, 0.29) is 5.69 Å². The Morgan fingerprint density at radius 1 is 1.47 bits per heavy atom. The Balaban J connectivity index is 2.95. The smallest absolute Gasteiger partial charge is 0.401 e. The van der Waals surface area contributed by atoms with Crippen LogP contribution >= 0.6 is 0 Å². The van der Waals surface area contributed by atoms with Crippen molar-refractivity contribution in [3.63, 3.8) is 0 Å². The highest BCUT2D eigenvalue weighted by Gasteiger charge is 2.40. The molecule has 0 radical (unpaired) electrons. The molecule has 1 heterocycles. The number of hydrogen-bond donors (Lipinski definition) is 2. The SMILES string of the molecule is CC(NCC(F)(F)F)(C(=O)O)c1cnccn1. The van der Waals surface area contributed by atoms with Gasteiger partial charge in [-0.3, -0.25) is 15.3 Å². The fraction of sp³-hybridized carbons (Fsp3) is 0.444. The molecule has 8 heteroatoms. The zero-order valence-corrected chi connectivity index (χ0v) is 8.82. The van der Waals surface area contributed by atoms with Crippen molar-refractivity contribution in [1.82, 2.24) is 15.3 Å². The topological polar surface area (TPSA) is 75.1 Å². The molecule has 0 amide bonds. The monoisotopic (exact) mass is 249 g/mol. The van der Waals surface area contributed by atoms with Crippen LogP contribution in [0.4, 0.5) is 13.2 Å². The van der Waals surface area contributed by atoms with E-state index < -0.39 is 24.2 Å². The van der Waals surface area contributed by atoms with E-state index in [0.29, 0.717) is 0 Å². The summed E-state index contributed by atoms with van der Waals surface area (Å²) in [6.07, 6.45) is -0.877. The number of carboxylic acids is 1. The molecule has 2 N–H and O–H groups in total. The zero-order valence-electron chi connectivity index (χ0n) is 8.82. The third kappa shape index (κ3) is 3.38. The average molecular weight is 249 g/mol. The normalized spacial score (nSPS) is 15.3. The van der Waals surface area contributed by atoms with Crippen molar-refractivity contribution in [3.05, 3.63) is 24.3 Å². The molecule has 0 fully saturated rings. The van der Waals surface area contributed by atoms with Gasteiger partial charge in [-0.15, -0.1) is 0 Å². The fourth-order valence-electron chi connectivity index (χ4n) is 1.11. The molecule has 0 spiro atoms. The summed E-state index contributed by atoms with van der Waals surface area (Å²) >= 11 is 0. The molecule has 0 aliphatic rings. The van der Waals surface area contributed by atoms with Gasteiger partial charge in [0.05, 0.1) is 18.4 Å². The molecule has 1 unspecified atom stereocenters. The van der Waals surface area contributed by atoms with E-state index in [1.54, 1.807) is 0 Å².